The standard InChI is InChI=1S/C27H33N3O4S/c1-20-13-15-23(16-14-20)35(32,33)28-26-29(17-21-9-6-5-7-10-21)18-22-11-8-12-24(22)30(26)19-25(31)34-27(2,3)4/h5-10,12-16,22,24H,11,17-19H2,1-4H3/b28-26+/t22-,24-/m0/s1. The van der Waals surface area contributed by atoms with Gasteiger partial charge in [0.1, 0.15) is 12.1 Å². The summed E-state index contributed by atoms with van der Waals surface area (Å²) < 4.78 is 36.7. The predicted octanol–water partition coefficient (Wildman–Crippen LogP) is 4.14. The van der Waals surface area contributed by atoms with E-state index in [1.54, 1.807) is 29.2 Å². The van der Waals surface area contributed by atoms with Crippen LogP contribution in [0.3, 0.4) is 0 Å². The second-order valence-corrected chi connectivity index (χ2v) is 11.8. The monoisotopic (exact) mass is 495 g/mol. The minimum absolute atomic E-state index is 0.0870. The predicted molar refractivity (Wildman–Crippen MR) is 136 cm³/mol. The molecule has 35 heavy (non-hydrogen) atoms. The van der Waals surface area contributed by atoms with E-state index in [0.29, 0.717) is 13.1 Å². The average Bonchev–Trinajstić information content (AvgIpc) is 3.24. The van der Waals surface area contributed by atoms with E-state index in [-0.39, 0.29) is 29.4 Å². The third-order valence-corrected chi connectivity index (χ3v) is 7.34. The summed E-state index contributed by atoms with van der Waals surface area (Å²) in [7, 11) is -4.01. The summed E-state index contributed by atoms with van der Waals surface area (Å²) in [5.74, 6) is 0.0776. The van der Waals surface area contributed by atoms with Gasteiger partial charge in [0, 0.05) is 19.0 Å². The summed E-state index contributed by atoms with van der Waals surface area (Å²) in [6.45, 7) is 8.39. The lowest BCUT2D eigenvalue weighted by molar-refractivity contribution is -0.155. The van der Waals surface area contributed by atoms with Crippen LogP contribution >= 0.6 is 0 Å². The van der Waals surface area contributed by atoms with Gasteiger partial charge in [-0.2, -0.15) is 8.42 Å². The molecule has 8 heteroatoms. The molecular formula is C27H33N3O4S. The van der Waals surface area contributed by atoms with Gasteiger partial charge in [-0.3, -0.25) is 4.79 Å². The third-order valence-electron chi connectivity index (χ3n) is 6.07. The van der Waals surface area contributed by atoms with Gasteiger partial charge < -0.3 is 14.5 Å². The minimum atomic E-state index is -4.01. The molecule has 0 spiro atoms. The molecule has 0 unspecified atom stereocenters. The Labute approximate surface area is 208 Å². The Kier molecular flexibility index (Phi) is 7.03. The van der Waals surface area contributed by atoms with E-state index >= 15 is 0 Å². The van der Waals surface area contributed by atoms with Crippen LogP contribution in [0.5, 0.6) is 0 Å². The van der Waals surface area contributed by atoms with Gasteiger partial charge in [0.05, 0.1) is 10.9 Å². The number of allylic oxidation sites excluding steroid dienone is 1. The van der Waals surface area contributed by atoms with Crippen molar-refractivity contribution in [2.24, 2.45) is 10.3 Å². The number of carbonyl (C=O) groups excluding carboxylic acids is 1. The molecule has 2 aliphatic rings. The lowest BCUT2D eigenvalue weighted by atomic mass is 9.97. The molecule has 4 rings (SSSR count). The SMILES string of the molecule is Cc1ccc(S(=O)(=O)/N=C2\N(Cc3ccccc3)C[C@@H]3CC=C[C@@H]3N2CC(=O)OC(C)(C)C)cc1. The Balaban J connectivity index is 1.76. The van der Waals surface area contributed by atoms with Crippen molar-refractivity contribution in [3.05, 3.63) is 77.9 Å². The maximum Gasteiger partial charge on any atom is 0.326 e. The average molecular weight is 496 g/mol. The van der Waals surface area contributed by atoms with Crippen molar-refractivity contribution in [3.8, 4) is 0 Å². The van der Waals surface area contributed by atoms with Gasteiger partial charge in [-0.05, 0) is 51.8 Å². The fourth-order valence-electron chi connectivity index (χ4n) is 4.52. The van der Waals surface area contributed by atoms with E-state index in [1.165, 1.54) is 0 Å². The summed E-state index contributed by atoms with van der Waals surface area (Å²) in [6, 6.07) is 16.4. The van der Waals surface area contributed by atoms with E-state index in [2.05, 4.69) is 10.5 Å². The van der Waals surface area contributed by atoms with E-state index in [0.717, 1.165) is 17.5 Å². The molecule has 7 nitrogen and oxygen atoms in total. The second kappa shape index (κ2) is 9.85. The normalized spacial score (nSPS) is 21.3. The largest absolute Gasteiger partial charge is 0.459 e. The smallest absolute Gasteiger partial charge is 0.326 e. The Hall–Kier alpha value is -3.13. The zero-order valence-electron chi connectivity index (χ0n) is 20.7. The Morgan fingerprint density at radius 1 is 1.09 bits per heavy atom. The molecule has 1 fully saturated rings. The number of hydrogen-bond acceptors (Lipinski definition) is 4. The zero-order valence-corrected chi connectivity index (χ0v) is 21.5. The Morgan fingerprint density at radius 3 is 2.43 bits per heavy atom. The van der Waals surface area contributed by atoms with Crippen molar-refractivity contribution in [1.29, 1.82) is 0 Å². The number of sulfonamides is 1. The first-order valence-corrected chi connectivity index (χ1v) is 13.3. The summed E-state index contributed by atoms with van der Waals surface area (Å²) in [5.41, 5.74) is 1.35. The van der Waals surface area contributed by atoms with Crippen LogP contribution in [0.25, 0.3) is 0 Å². The van der Waals surface area contributed by atoms with Gasteiger partial charge in [0.15, 0.2) is 0 Å². The highest BCUT2D eigenvalue weighted by atomic mass is 32.2. The van der Waals surface area contributed by atoms with Crippen molar-refractivity contribution >= 4 is 22.0 Å². The molecule has 0 radical (unpaired) electrons. The number of ether oxygens (including phenoxy) is 1. The number of rotatable bonds is 6. The van der Waals surface area contributed by atoms with E-state index < -0.39 is 21.6 Å². The first-order chi connectivity index (χ1) is 16.5. The second-order valence-electron chi connectivity index (χ2n) is 10.2. The van der Waals surface area contributed by atoms with Gasteiger partial charge in [0.2, 0.25) is 5.96 Å². The van der Waals surface area contributed by atoms with E-state index in [1.807, 2.05) is 69.0 Å². The molecule has 2 aromatic rings. The van der Waals surface area contributed by atoms with Gasteiger partial charge >= 0.3 is 5.97 Å². The number of fused-ring (bicyclic) bond motifs is 1. The molecule has 1 aliphatic heterocycles. The first-order valence-electron chi connectivity index (χ1n) is 11.9. The highest BCUT2D eigenvalue weighted by molar-refractivity contribution is 7.90. The fourth-order valence-corrected chi connectivity index (χ4v) is 5.54. The Bertz CT molecular complexity index is 1220. The van der Waals surface area contributed by atoms with E-state index in [9.17, 15) is 13.2 Å². The lowest BCUT2D eigenvalue weighted by Gasteiger charge is -2.45. The van der Waals surface area contributed by atoms with Gasteiger partial charge in [-0.1, -0.05) is 60.2 Å². The molecule has 1 saturated heterocycles. The van der Waals surface area contributed by atoms with Crippen LogP contribution in [-0.4, -0.2) is 54.9 Å². The van der Waals surface area contributed by atoms with Gasteiger partial charge in [0.25, 0.3) is 10.0 Å². The van der Waals surface area contributed by atoms with Crippen molar-refractivity contribution in [1.82, 2.24) is 9.80 Å². The molecular weight excluding hydrogens is 462 g/mol. The third kappa shape index (κ3) is 6.11. The van der Waals surface area contributed by atoms with Crippen LogP contribution in [0.1, 0.15) is 38.3 Å². The zero-order chi connectivity index (χ0) is 25.2. The fraction of sp³-hybridized carbons (Fsp3) is 0.407. The molecule has 2 aromatic carbocycles. The first kappa shape index (κ1) is 25.0. The molecule has 0 N–H and O–H groups in total. The maximum atomic E-state index is 13.4. The summed E-state index contributed by atoms with van der Waals surface area (Å²) in [4.78, 5) is 16.8. The van der Waals surface area contributed by atoms with Crippen LogP contribution in [0.4, 0.5) is 0 Å². The van der Waals surface area contributed by atoms with Crippen molar-refractivity contribution in [2.75, 3.05) is 13.1 Å². The van der Waals surface area contributed by atoms with Gasteiger partial charge in [-0.15, -0.1) is 4.40 Å². The van der Waals surface area contributed by atoms with Crippen LogP contribution in [0.15, 0.2) is 76.0 Å². The lowest BCUT2D eigenvalue weighted by Crippen LogP contribution is -2.59. The topological polar surface area (TPSA) is 79.3 Å². The van der Waals surface area contributed by atoms with Crippen LogP contribution < -0.4 is 0 Å². The number of guanidine groups is 1. The van der Waals surface area contributed by atoms with Crippen molar-refractivity contribution in [3.63, 3.8) is 0 Å². The highest BCUT2D eigenvalue weighted by Gasteiger charge is 2.41. The summed E-state index contributed by atoms with van der Waals surface area (Å²) in [6.07, 6.45) is 5.00. The molecule has 0 bridgehead atoms. The molecule has 186 valence electrons. The molecule has 0 aromatic heterocycles. The van der Waals surface area contributed by atoms with Crippen LogP contribution in [0, 0.1) is 12.8 Å². The molecule has 0 saturated carbocycles. The number of carbonyl (C=O) groups is 1. The summed E-state index contributed by atoms with van der Waals surface area (Å²) in [5, 5.41) is 0. The van der Waals surface area contributed by atoms with Crippen molar-refractivity contribution < 1.29 is 17.9 Å². The quantitative estimate of drug-likeness (QED) is 0.443. The maximum absolute atomic E-state index is 13.4. The molecule has 1 heterocycles. The molecule has 0 amide bonds. The molecule has 2 atom stereocenters. The highest BCUT2D eigenvalue weighted by Crippen LogP contribution is 2.32. The number of hydrogen-bond donors (Lipinski definition) is 0. The van der Waals surface area contributed by atoms with Crippen LogP contribution in [-0.2, 0) is 26.1 Å². The molecule has 1 aliphatic carbocycles. The minimum Gasteiger partial charge on any atom is -0.459 e. The Morgan fingerprint density at radius 2 is 1.77 bits per heavy atom. The number of nitrogens with zero attached hydrogens (tertiary/aromatic N) is 3. The summed E-state index contributed by atoms with van der Waals surface area (Å²) >= 11 is 0. The van der Waals surface area contributed by atoms with Crippen molar-refractivity contribution in [2.45, 2.75) is 57.2 Å². The number of aryl methyl sites for hydroxylation is 1. The van der Waals surface area contributed by atoms with E-state index in [4.69, 9.17) is 4.74 Å². The van der Waals surface area contributed by atoms with Gasteiger partial charge in [-0.25, -0.2) is 0 Å². The number of benzene rings is 2. The number of esters is 1. The van der Waals surface area contributed by atoms with Crippen LogP contribution in [0.2, 0.25) is 0 Å².